The topological polar surface area (TPSA) is 70.4 Å². The quantitative estimate of drug-likeness (QED) is 0.681. The third kappa shape index (κ3) is 2.63. The first-order valence-corrected chi connectivity index (χ1v) is 5.61. The van der Waals surface area contributed by atoms with Crippen molar-refractivity contribution in [2.24, 2.45) is 0 Å². The molecule has 84 valence electrons. The molecule has 1 heterocycles. The van der Waals surface area contributed by atoms with Gasteiger partial charge in [0.05, 0.1) is 19.9 Å². The fraction of sp³-hybridized carbons (Fsp3) is 0.500. The van der Waals surface area contributed by atoms with Crippen molar-refractivity contribution in [2.75, 3.05) is 20.5 Å². The second kappa shape index (κ2) is 5.04. The third-order valence-corrected chi connectivity index (χ3v) is 2.43. The number of carbonyl (C=O) groups excluding carboxylic acids is 1. The van der Waals surface area contributed by atoms with Crippen LogP contribution < -0.4 is 0 Å². The molecule has 0 saturated heterocycles. The Morgan fingerprint density at radius 3 is 2.73 bits per heavy atom. The molecule has 1 unspecified atom stereocenters. The van der Waals surface area contributed by atoms with Gasteiger partial charge in [-0.3, -0.25) is 0 Å². The predicted octanol–water partition coefficient (Wildman–Crippen LogP) is -0.0423. The summed E-state index contributed by atoms with van der Waals surface area (Å²) in [4.78, 5) is 11.3. The lowest BCUT2D eigenvalue weighted by Gasteiger charge is -1.97. The largest absolute Gasteiger partial charge is 0.465 e. The van der Waals surface area contributed by atoms with Crippen molar-refractivity contribution in [1.82, 2.24) is 9.19 Å². The van der Waals surface area contributed by atoms with E-state index in [-0.39, 0.29) is 12.2 Å². The van der Waals surface area contributed by atoms with E-state index in [1.165, 1.54) is 30.8 Å². The SMILES string of the molecule is COCc1nn(S(C)=O)cc1C(=O)OC. The minimum absolute atomic E-state index is 0.175. The molecule has 0 aliphatic carbocycles. The fourth-order valence-electron chi connectivity index (χ4n) is 1.04. The van der Waals surface area contributed by atoms with E-state index >= 15 is 0 Å². The van der Waals surface area contributed by atoms with Gasteiger partial charge in [-0.1, -0.05) is 0 Å². The Labute approximate surface area is 89.8 Å². The third-order valence-electron chi connectivity index (χ3n) is 1.72. The number of hydrogen-bond donors (Lipinski definition) is 0. The molecule has 0 aliphatic heterocycles. The van der Waals surface area contributed by atoms with Gasteiger partial charge < -0.3 is 9.47 Å². The van der Waals surface area contributed by atoms with Crippen molar-refractivity contribution >= 4 is 17.0 Å². The zero-order chi connectivity index (χ0) is 11.4. The number of methoxy groups -OCH3 is 2. The number of hydrogen-bond acceptors (Lipinski definition) is 5. The van der Waals surface area contributed by atoms with Crippen molar-refractivity contribution in [3.63, 3.8) is 0 Å². The summed E-state index contributed by atoms with van der Waals surface area (Å²) in [5, 5.41) is 3.96. The van der Waals surface area contributed by atoms with E-state index in [0.29, 0.717) is 5.69 Å². The molecule has 0 N–H and O–H groups in total. The zero-order valence-corrected chi connectivity index (χ0v) is 9.54. The van der Waals surface area contributed by atoms with Crippen LogP contribution in [-0.4, -0.2) is 39.8 Å². The highest BCUT2D eigenvalue weighted by Gasteiger charge is 2.17. The van der Waals surface area contributed by atoms with Crippen molar-refractivity contribution < 1.29 is 18.5 Å². The first-order chi connectivity index (χ1) is 7.10. The summed E-state index contributed by atoms with van der Waals surface area (Å²) in [6.45, 7) is 0.175. The van der Waals surface area contributed by atoms with Crippen LogP contribution in [0.1, 0.15) is 16.1 Å². The minimum atomic E-state index is -1.30. The van der Waals surface area contributed by atoms with Crippen LogP contribution in [0.15, 0.2) is 6.20 Å². The van der Waals surface area contributed by atoms with Gasteiger partial charge in [0, 0.05) is 13.4 Å². The maximum Gasteiger partial charge on any atom is 0.341 e. The molecule has 0 aromatic carbocycles. The highest BCUT2D eigenvalue weighted by molar-refractivity contribution is 7.82. The molecule has 0 radical (unpaired) electrons. The van der Waals surface area contributed by atoms with Crippen LogP contribution in [0.5, 0.6) is 0 Å². The molecule has 0 bridgehead atoms. The molecule has 0 spiro atoms. The van der Waals surface area contributed by atoms with E-state index in [1.54, 1.807) is 0 Å². The second-order valence-electron chi connectivity index (χ2n) is 2.74. The summed E-state index contributed by atoms with van der Waals surface area (Å²) in [5.41, 5.74) is 0.689. The monoisotopic (exact) mass is 232 g/mol. The van der Waals surface area contributed by atoms with Crippen LogP contribution in [0, 0.1) is 0 Å². The van der Waals surface area contributed by atoms with E-state index in [4.69, 9.17) is 4.74 Å². The Bertz CT molecular complexity index is 388. The molecule has 1 rings (SSSR count). The minimum Gasteiger partial charge on any atom is -0.465 e. The molecular weight excluding hydrogens is 220 g/mol. The van der Waals surface area contributed by atoms with Crippen molar-refractivity contribution in [2.45, 2.75) is 6.61 Å². The van der Waals surface area contributed by atoms with E-state index in [9.17, 15) is 9.00 Å². The summed E-state index contributed by atoms with van der Waals surface area (Å²) in [7, 11) is 1.47. The standard InChI is InChI=1S/C8H12N2O4S/c1-13-5-7-6(8(11)14-2)4-10(9-7)15(3)12/h4H,5H2,1-3H3. The predicted molar refractivity (Wildman–Crippen MR) is 53.7 cm³/mol. The molecule has 6 nitrogen and oxygen atoms in total. The van der Waals surface area contributed by atoms with E-state index < -0.39 is 17.0 Å². The van der Waals surface area contributed by atoms with Gasteiger partial charge in [-0.15, -0.1) is 0 Å². The van der Waals surface area contributed by atoms with E-state index in [1.807, 2.05) is 0 Å². The van der Waals surface area contributed by atoms with E-state index in [2.05, 4.69) is 9.84 Å². The van der Waals surface area contributed by atoms with Gasteiger partial charge in [0.2, 0.25) is 0 Å². The smallest absolute Gasteiger partial charge is 0.341 e. The average Bonchev–Trinajstić information content (AvgIpc) is 2.61. The van der Waals surface area contributed by atoms with Crippen LogP contribution in [-0.2, 0) is 27.1 Å². The number of ether oxygens (including phenoxy) is 2. The number of carbonyl (C=O) groups is 1. The molecule has 15 heavy (non-hydrogen) atoms. The van der Waals surface area contributed by atoms with Crippen molar-refractivity contribution in [1.29, 1.82) is 0 Å². The number of nitrogens with zero attached hydrogens (tertiary/aromatic N) is 2. The molecule has 1 aromatic heterocycles. The summed E-state index contributed by atoms with van der Waals surface area (Å²) < 4.78 is 21.8. The van der Waals surface area contributed by atoms with Gasteiger partial charge in [0.15, 0.2) is 0 Å². The Morgan fingerprint density at radius 2 is 2.27 bits per heavy atom. The Balaban J connectivity index is 3.11. The van der Waals surface area contributed by atoms with Crippen LogP contribution in [0.2, 0.25) is 0 Å². The molecule has 7 heteroatoms. The van der Waals surface area contributed by atoms with Crippen molar-refractivity contribution in [3.05, 3.63) is 17.5 Å². The molecule has 0 aliphatic rings. The Morgan fingerprint density at radius 1 is 1.60 bits per heavy atom. The maximum absolute atomic E-state index is 11.3. The number of aromatic nitrogens is 2. The lowest BCUT2D eigenvalue weighted by molar-refractivity contribution is 0.0596. The van der Waals surface area contributed by atoms with E-state index in [0.717, 1.165) is 0 Å². The maximum atomic E-state index is 11.3. The molecule has 1 atom stereocenters. The second-order valence-corrected chi connectivity index (χ2v) is 3.96. The first kappa shape index (κ1) is 11.9. The lowest BCUT2D eigenvalue weighted by atomic mass is 10.2. The zero-order valence-electron chi connectivity index (χ0n) is 8.72. The number of esters is 1. The van der Waals surface area contributed by atoms with Crippen LogP contribution in [0.4, 0.5) is 0 Å². The van der Waals surface area contributed by atoms with Gasteiger partial charge in [0.1, 0.15) is 22.2 Å². The molecule has 0 fully saturated rings. The normalized spacial score (nSPS) is 12.5. The summed E-state index contributed by atoms with van der Waals surface area (Å²) >= 11 is 0. The van der Waals surface area contributed by atoms with Gasteiger partial charge in [0.25, 0.3) is 0 Å². The van der Waals surface area contributed by atoms with Crippen LogP contribution in [0.25, 0.3) is 0 Å². The highest BCUT2D eigenvalue weighted by atomic mass is 32.2. The first-order valence-electron chi connectivity index (χ1n) is 4.09. The van der Waals surface area contributed by atoms with Crippen LogP contribution >= 0.6 is 0 Å². The van der Waals surface area contributed by atoms with Crippen LogP contribution in [0.3, 0.4) is 0 Å². The van der Waals surface area contributed by atoms with Gasteiger partial charge in [-0.25, -0.2) is 9.00 Å². The average molecular weight is 232 g/mol. The number of rotatable bonds is 4. The Hall–Kier alpha value is -1.21. The summed E-state index contributed by atoms with van der Waals surface area (Å²) in [6.07, 6.45) is 2.85. The van der Waals surface area contributed by atoms with Gasteiger partial charge >= 0.3 is 5.97 Å². The molecule has 0 amide bonds. The van der Waals surface area contributed by atoms with Crippen molar-refractivity contribution in [3.8, 4) is 0 Å². The summed E-state index contributed by atoms with van der Waals surface area (Å²) in [5.74, 6) is -0.515. The van der Waals surface area contributed by atoms with Gasteiger partial charge in [-0.05, 0) is 0 Å². The molecule has 1 aromatic rings. The molecular formula is C8H12N2O4S. The summed E-state index contributed by atoms with van der Waals surface area (Å²) in [6, 6.07) is 0. The Kier molecular flexibility index (Phi) is 3.98. The lowest BCUT2D eigenvalue weighted by Crippen LogP contribution is -2.04. The highest BCUT2D eigenvalue weighted by Crippen LogP contribution is 2.10. The fourth-order valence-corrected chi connectivity index (χ4v) is 1.51. The van der Waals surface area contributed by atoms with Gasteiger partial charge in [-0.2, -0.15) is 9.19 Å². The molecule has 0 saturated carbocycles.